The lowest BCUT2D eigenvalue weighted by Crippen LogP contribution is -2.15. The molecule has 0 aromatic heterocycles. The summed E-state index contributed by atoms with van der Waals surface area (Å²) in [5, 5.41) is 9.46. The van der Waals surface area contributed by atoms with Crippen molar-refractivity contribution in [1.29, 1.82) is 0 Å². The largest absolute Gasteiger partial charge is 0.387 e. The number of ether oxygens (including phenoxy) is 1. The third-order valence-electron chi connectivity index (χ3n) is 2.14. The number of aliphatic hydroxyl groups is 1. The molecule has 0 radical (unpaired) electrons. The van der Waals surface area contributed by atoms with Crippen LogP contribution in [0.2, 0.25) is 0 Å². The van der Waals surface area contributed by atoms with Gasteiger partial charge in [-0.2, -0.15) is 0 Å². The lowest BCUT2D eigenvalue weighted by atomic mass is 10.2. The molecule has 0 amide bonds. The molecule has 1 rings (SSSR count). The summed E-state index contributed by atoms with van der Waals surface area (Å²) in [7, 11) is 0. The molecule has 1 aromatic carbocycles. The number of benzene rings is 1. The van der Waals surface area contributed by atoms with Crippen molar-refractivity contribution >= 4 is 11.6 Å². The number of halogens is 1. The summed E-state index contributed by atoms with van der Waals surface area (Å²) >= 11 is 5.53. The first-order valence-electron chi connectivity index (χ1n) is 5.02. The third kappa shape index (κ3) is 4.21. The van der Waals surface area contributed by atoms with Gasteiger partial charge in [-0.1, -0.05) is 36.9 Å². The van der Waals surface area contributed by atoms with E-state index in [-0.39, 0.29) is 5.88 Å². The van der Waals surface area contributed by atoms with Crippen LogP contribution < -0.4 is 0 Å². The molecule has 0 aliphatic rings. The van der Waals surface area contributed by atoms with Gasteiger partial charge in [0.25, 0.3) is 0 Å². The quantitative estimate of drug-likeness (QED) is 0.610. The van der Waals surface area contributed by atoms with E-state index in [0.717, 1.165) is 5.56 Å². The monoisotopic (exact) mass is 238 g/mol. The molecule has 0 unspecified atom stereocenters. The van der Waals surface area contributed by atoms with Crippen molar-refractivity contribution in [2.45, 2.75) is 12.7 Å². The average molecular weight is 239 g/mol. The molecule has 86 valence electrons. The van der Waals surface area contributed by atoms with Crippen LogP contribution in [0.15, 0.2) is 48.2 Å². The Morgan fingerprint density at radius 2 is 2.12 bits per heavy atom. The second-order valence-electron chi connectivity index (χ2n) is 3.35. The number of aliphatic hydroxyl groups excluding tert-OH is 1. The van der Waals surface area contributed by atoms with Gasteiger partial charge < -0.3 is 9.84 Å². The molecule has 0 aliphatic carbocycles. The first-order valence-corrected chi connectivity index (χ1v) is 5.56. The van der Waals surface area contributed by atoms with Gasteiger partial charge in [-0.15, -0.1) is 17.3 Å². The number of hydrogen-bond donors (Lipinski definition) is 1. The van der Waals surface area contributed by atoms with E-state index < -0.39 is 6.10 Å². The predicted molar refractivity (Wildman–Crippen MR) is 65.5 cm³/mol. The average Bonchev–Trinajstić information content (AvgIpc) is 2.35. The molecule has 2 nitrogen and oxygen atoms in total. The molecule has 0 fully saturated rings. The maximum Gasteiger partial charge on any atom is 0.0981 e. The van der Waals surface area contributed by atoms with Crippen LogP contribution >= 0.6 is 11.6 Å². The molecule has 0 heterocycles. The lowest BCUT2D eigenvalue weighted by molar-refractivity contribution is 0.121. The van der Waals surface area contributed by atoms with E-state index in [1.807, 2.05) is 30.3 Å². The Morgan fingerprint density at radius 1 is 1.44 bits per heavy atom. The topological polar surface area (TPSA) is 29.5 Å². The summed E-state index contributed by atoms with van der Waals surface area (Å²) in [6, 6.07) is 9.83. The first-order chi connectivity index (χ1) is 7.77. The first kappa shape index (κ1) is 13.0. The van der Waals surface area contributed by atoms with Crippen LogP contribution in [-0.4, -0.2) is 23.7 Å². The van der Waals surface area contributed by atoms with Gasteiger partial charge in [0.05, 0.1) is 25.2 Å². The highest BCUT2D eigenvalue weighted by Gasteiger charge is 2.08. The second kappa shape index (κ2) is 7.26. The molecular formula is C13H15ClO2. The number of rotatable bonds is 6. The minimum absolute atomic E-state index is 0.131. The van der Waals surface area contributed by atoms with Crippen molar-refractivity contribution in [1.82, 2.24) is 0 Å². The van der Waals surface area contributed by atoms with Crippen molar-refractivity contribution in [3.05, 3.63) is 53.8 Å². The van der Waals surface area contributed by atoms with Crippen LogP contribution in [-0.2, 0) is 11.3 Å². The molecule has 16 heavy (non-hydrogen) atoms. The predicted octanol–water partition coefficient (Wildman–Crippen LogP) is 2.51. The highest BCUT2D eigenvalue weighted by molar-refractivity contribution is 6.18. The maximum absolute atomic E-state index is 9.46. The van der Waals surface area contributed by atoms with Crippen LogP contribution in [0.1, 0.15) is 5.56 Å². The van der Waals surface area contributed by atoms with Crippen molar-refractivity contribution in [3.8, 4) is 0 Å². The van der Waals surface area contributed by atoms with Gasteiger partial charge >= 0.3 is 0 Å². The van der Waals surface area contributed by atoms with Crippen LogP contribution in [0.5, 0.6) is 0 Å². The minimum Gasteiger partial charge on any atom is -0.387 e. The third-order valence-corrected chi connectivity index (χ3v) is 2.44. The Kier molecular flexibility index (Phi) is 5.91. The second-order valence-corrected chi connectivity index (χ2v) is 3.66. The zero-order valence-corrected chi connectivity index (χ0v) is 9.78. The van der Waals surface area contributed by atoms with Gasteiger partial charge in [0.15, 0.2) is 0 Å². The Bertz CT molecular complexity index is 355. The summed E-state index contributed by atoms with van der Waals surface area (Å²) in [4.78, 5) is 0. The van der Waals surface area contributed by atoms with Crippen LogP contribution in [0, 0.1) is 0 Å². The number of alkyl halides is 1. The van der Waals surface area contributed by atoms with Crippen LogP contribution in [0.4, 0.5) is 0 Å². The molecule has 3 heteroatoms. The van der Waals surface area contributed by atoms with Gasteiger partial charge in [-0.3, -0.25) is 0 Å². The Balaban J connectivity index is 2.38. The zero-order valence-electron chi connectivity index (χ0n) is 9.03. The van der Waals surface area contributed by atoms with Crippen molar-refractivity contribution in [2.24, 2.45) is 0 Å². The fraction of sp³-hybridized carbons (Fsp3) is 0.308. The van der Waals surface area contributed by atoms with Gasteiger partial charge in [0.2, 0.25) is 0 Å². The fourth-order valence-corrected chi connectivity index (χ4v) is 1.40. The van der Waals surface area contributed by atoms with Crippen molar-refractivity contribution in [2.75, 3.05) is 12.5 Å². The lowest BCUT2D eigenvalue weighted by Gasteiger charge is -2.10. The number of hydrogen-bond acceptors (Lipinski definition) is 2. The molecule has 1 aromatic rings. The van der Waals surface area contributed by atoms with Gasteiger partial charge in [-0.05, 0) is 5.56 Å². The summed E-state index contributed by atoms with van der Waals surface area (Å²) in [6.07, 6.45) is -0.727. The SMILES string of the molecule is C=C=C(COCc1ccccc1)[C@H](O)CCl. The molecule has 0 saturated carbocycles. The van der Waals surface area contributed by atoms with Crippen molar-refractivity contribution < 1.29 is 9.84 Å². The highest BCUT2D eigenvalue weighted by atomic mass is 35.5. The zero-order chi connectivity index (χ0) is 11.8. The maximum atomic E-state index is 9.46. The van der Waals surface area contributed by atoms with Crippen molar-refractivity contribution in [3.63, 3.8) is 0 Å². The Hall–Kier alpha value is -1.05. The van der Waals surface area contributed by atoms with Gasteiger partial charge in [0, 0.05) is 5.57 Å². The summed E-state index contributed by atoms with van der Waals surface area (Å²) in [6.45, 7) is 4.29. The van der Waals surface area contributed by atoms with Gasteiger partial charge in [0.1, 0.15) is 0 Å². The molecule has 0 aliphatic heterocycles. The minimum atomic E-state index is -0.727. The van der Waals surface area contributed by atoms with Gasteiger partial charge in [-0.25, -0.2) is 0 Å². The molecule has 0 saturated heterocycles. The van der Waals surface area contributed by atoms with E-state index in [4.69, 9.17) is 16.3 Å². The summed E-state index contributed by atoms with van der Waals surface area (Å²) < 4.78 is 5.44. The smallest absolute Gasteiger partial charge is 0.0981 e. The van der Waals surface area contributed by atoms with E-state index in [1.54, 1.807) is 0 Å². The van der Waals surface area contributed by atoms with E-state index in [0.29, 0.717) is 18.8 Å². The molecule has 1 N–H and O–H groups in total. The molecule has 0 spiro atoms. The molecule has 0 bridgehead atoms. The standard InChI is InChI=1S/C13H15ClO2/c1-2-12(13(15)8-14)10-16-9-11-6-4-3-5-7-11/h3-7,13,15H,1,8-10H2/t13-/m1/s1. The highest BCUT2D eigenvalue weighted by Crippen LogP contribution is 2.06. The summed E-state index contributed by atoms with van der Waals surface area (Å²) in [5.41, 5.74) is 4.32. The van der Waals surface area contributed by atoms with E-state index in [1.165, 1.54) is 0 Å². The Morgan fingerprint density at radius 3 is 2.69 bits per heavy atom. The normalized spacial score (nSPS) is 11.9. The van der Waals surface area contributed by atoms with E-state index >= 15 is 0 Å². The van der Waals surface area contributed by atoms with Crippen LogP contribution in [0.25, 0.3) is 0 Å². The summed E-state index contributed by atoms with van der Waals surface area (Å²) in [5.74, 6) is 0.131. The van der Waals surface area contributed by atoms with E-state index in [9.17, 15) is 5.11 Å². The van der Waals surface area contributed by atoms with E-state index in [2.05, 4.69) is 12.3 Å². The molecular weight excluding hydrogens is 224 g/mol. The molecule has 1 atom stereocenters. The Labute approximate surface area is 101 Å². The fourth-order valence-electron chi connectivity index (χ4n) is 1.21. The van der Waals surface area contributed by atoms with Crippen LogP contribution in [0.3, 0.4) is 0 Å².